The molecule has 0 saturated heterocycles. The van der Waals surface area contributed by atoms with Gasteiger partial charge in [0.05, 0.1) is 12.7 Å². The van der Waals surface area contributed by atoms with Crippen LogP contribution in [0.3, 0.4) is 0 Å². The lowest BCUT2D eigenvalue weighted by Crippen LogP contribution is -2.18. The number of halogens is 3. The van der Waals surface area contributed by atoms with E-state index in [4.69, 9.17) is 4.74 Å². The van der Waals surface area contributed by atoms with E-state index in [1.54, 1.807) is 0 Å². The largest absolute Gasteiger partial charge is 0.411 e. The number of rotatable bonds is 8. The smallest absolute Gasteiger partial charge is 0.391 e. The summed E-state index contributed by atoms with van der Waals surface area (Å²) in [6.45, 7) is -0.879. The minimum absolute atomic E-state index is 0.0687. The van der Waals surface area contributed by atoms with Gasteiger partial charge >= 0.3 is 6.18 Å². The second kappa shape index (κ2) is 7.90. The monoisotopic (exact) mass is 230 g/mol. The summed E-state index contributed by atoms with van der Waals surface area (Å²) in [5.74, 6) is 0. The van der Waals surface area contributed by atoms with Crippen molar-refractivity contribution in [1.82, 2.24) is 0 Å². The number of unbranched alkanes of at least 4 members (excludes halogenated alkanes) is 1. The Balaban J connectivity index is 3.18. The van der Waals surface area contributed by atoms with Gasteiger partial charge in [-0.25, -0.2) is 0 Å². The van der Waals surface area contributed by atoms with Crippen LogP contribution in [0.1, 0.15) is 19.3 Å². The second-order valence-electron chi connectivity index (χ2n) is 3.27. The molecule has 1 atom stereocenters. The first-order valence-corrected chi connectivity index (χ1v) is 4.77. The van der Waals surface area contributed by atoms with Crippen molar-refractivity contribution in [1.29, 1.82) is 0 Å². The van der Waals surface area contributed by atoms with E-state index in [0.717, 1.165) is 0 Å². The third-order valence-electron chi connectivity index (χ3n) is 1.70. The fraction of sp³-hybridized carbons (Fsp3) is 1.00. The maximum atomic E-state index is 11.6. The Morgan fingerprint density at radius 2 is 1.93 bits per heavy atom. The summed E-state index contributed by atoms with van der Waals surface area (Å²) < 4.78 is 43.9. The van der Waals surface area contributed by atoms with Crippen LogP contribution < -0.4 is 0 Å². The van der Waals surface area contributed by atoms with E-state index in [-0.39, 0.29) is 13.2 Å². The molecule has 6 heteroatoms. The first-order valence-electron chi connectivity index (χ1n) is 4.77. The lowest BCUT2D eigenvalue weighted by atomic mass is 10.2. The molecule has 15 heavy (non-hydrogen) atoms. The lowest BCUT2D eigenvalue weighted by Gasteiger charge is -2.09. The Morgan fingerprint density at radius 1 is 1.27 bits per heavy atom. The van der Waals surface area contributed by atoms with Crippen LogP contribution in [0, 0.1) is 0 Å². The van der Waals surface area contributed by atoms with Gasteiger partial charge in [-0.1, -0.05) is 0 Å². The van der Waals surface area contributed by atoms with Gasteiger partial charge in [-0.15, -0.1) is 0 Å². The van der Waals surface area contributed by atoms with Crippen LogP contribution >= 0.6 is 0 Å². The highest BCUT2D eigenvalue weighted by molar-refractivity contribution is 4.54. The molecule has 1 unspecified atom stereocenters. The van der Waals surface area contributed by atoms with Crippen LogP contribution in [0.15, 0.2) is 0 Å². The molecule has 0 radical (unpaired) electrons. The molecule has 0 aliphatic carbocycles. The Kier molecular flexibility index (Phi) is 7.72. The summed E-state index contributed by atoms with van der Waals surface area (Å²) in [4.78, 5) is 0. The number of ether oxygens (including phenoxy) is 2. The number of aliphatic hydroxyl groups excluding tert-OH is 1. The Bertz CT molecular complexity index is 150. The van der Waals surface area contributed by atoms with E-state index in [1.165, 1.54) is 7.11 Å². The average Bonchev–Trinajstić information content (AvgIpc) is 2.09. The van der Waals surface area contributed by atoms with E-state index < -0.39 is 18.9 Å². The average molecular weight is 230 g/mol. The van der Waals surface area contributed by atoms with Crippen LogP contribution in [-0.2, 0) is 9.47 Å². The van der Waals surface area contributed by atoms with Crippen LogP contribution in [0.4, 0.5) is 13.2 Å². The van der Waals surface area contributed by atoms with Crippen molar-refractivity contribution in [3.05, 3.63) is 0 Å². The highest BCUT2D eigenvalue weighted by Crippen LogP contribution is 2.14. The molecule has 0 spiro atoms. The zero-order valence-corrected chi connectivity index (χ0v) is 8.72. The van der Waals surface area contributed by atoms with Gasteiger partial charge in [-0.2, -0.15) is 13.2 Å². The Hall–Kier alpha value is -0.330. The lowest BCUT2D eigenvalue weighted by molar-refractivity contribution is -0.174. The fourth-order valence-electron chi connectivity index (χ4n) is 1.05. The van der Waals surface area contributed by atoms with E-state index in [9.17, 15) is 18.3 Å². The maximum absolute atomic E-state index is 11.6. The zero-order chi connectivity index (χ0) is 11.7. The van der Waals surface area contributed by atoms with Crippen molar-refractivity contribution >= 4 is 0 Å². The minimum atomic E-state index is -4.25. The van der Waals surface area contributed by atoms with Crippen LogP contribution in [0.5, 0.6) is 0 Å². The molecular weight excluding hydrogens is 213 g/mol. The van der Waals surface area contributed by atoms with Crippen molar-refractivity contribution in [2.75, 3.05) is 26.9 Å². The van der Waals surface area contributed by atoms with Crippen LogP contribution in [-0.4, -0.2) is 44.3 Å². The van der Waals surface area contributed by atoms with E-state index in [1.807, 2.05) is 0 Å². The van der Waals surface area contributed by atoms with Gasteiger partial charge in [-0.05, 0) is 19.3 Å². The molecular formula is C9H17F3O3. The summed E-state index contributed by atoms with van der Waals surface area (Å²) in [6.07, 6.45) is -3.14. The first kappa shape index (κ1) is 14.7. The van der Waals surface area contributed by atoms with Gasteiger partial charge in [0.2, 0.25) is 0 Å². The summed E-state index contributed by atoms with van der Waals surface area (Å²) in [6, 6.07) is 0. The number of methoxy groups -OCH3 is 1. The third-order valence-corrected chi connectivity index (χ3v) is 1.70. The van der Waals surface area contributed by atoms with Gasteiger partial charge in [0.1, 0.15) is 6.61 Å². The van der Waals surface area contributed by atoms with Crippen molar-refractivity contribution in [2.24, 2.45) is 0 Å². The SMILES string of the molecule is COCC(O)CCCCOCC(F)(F)F. The van der Waals surface area contributed by atoms with E-state index in [0.29, 0.717) is 19.3 Å². The molecule has 3 nitrogen and oxygen atoms in total. The molecule has 0 aliphatic rings. The van der Waals surface area contributed by atoms with E-state index in [2.05, 4.69) is 4.74 Å². The number of alkyl halides is 3. The number of aliphatic hydroxyl groups is 1. The van der Waals surface area contributed by atoms with E-state index >= 15 is 0 Å². The van der Waals surface area contributed by atoms with Crippen molar-refractivity contribution in [2.45, 2.75) is 31.5 Å². The highest BCUT2D eigenvalue weighted by Gasteiger charge is 2.27. The second-order valence-corrected chi connectivity index (χ2v) is 3.27. The summed E-state index contributed by atoms with van der Waals surface area (Å²) in [7, 11) is 1.48. The highest BCUT2D eigenvalue weighted by atomic mass is 19.4. The molecule has 1 N–H and O–H groups in total. The molecule has 0 amide bonds. The molecule has 0 heterocycles. The van der Waals surface area contributed by atoms with Crippen LogP contribution in [0.25, 0.3) is 0 Å². The molecule has 0 bridgehead atoms. The quantitative estimate of drug-likeness (QED) is 0.645. The summed E-state index contributed by atoms with van der Waals surface area (Å²) in [5.41, 5.74) is 0. The predicted octanol–water partition coefficient (Wildman–Crippen LogP) is 1.74. The van der Waals surface area contributed by atoms with Gasteiger partial charge < -0.3 is 14.6 Å². The molecule has 0 rings (SSSR count). The van der Waals surface area contributed by atoms with Gasteiger partial charge in [0, 0.05) is 13.7 Å². The van der Waals surface area contributed by atoms with Gasteiger partial charge in [-0.3, -0.25) is 0 Å². The van der Waals surface area contributed by atoms with Gasteiger partial charge in [0.25, 0.3) is 0 Å². The zero-order valence-electron chi connectivity index (χ0n) is 8.72. The number of hydrogen-bond acceptors (Lipinski definition) is 3. The van der Waals surface area contributed by atoms with Gasteiger partial charge in [0.15, 0.2) is 0 Å². The molecule has 92 valence electrons. The predicted molar refractivity (Wildman–Crippen MR) is 48.6 cm³/mol. The third kappa shape index (κ3) is 11.6. The Labute approximate surface area is 87.2 Å². The minimum Gasteiger partial charge on any atom is -0.391 e. The van der Waals surface area contributed by atoms with Crippen molar-refractivity contribution in [3.63, 3.8) is 0 Å². The van der Waals surface area contributed by atoms with Crippen LogP contribution in [0.2, 0.25) is 0 Å². The van der Waals surface area contributed by atoms with Crippen molar-refractivity contribution < 1.29 is 27.8 Å². The van der Waals surface area contributed by atoms with Crippen molar-refractivity contribution in [3.8, 4) is 0 Å². The first-order chi connectivity index (χ1) is 6.95. The Morgan fingerprint density at radius 3 is 2.47 bits per heavy atom. The normalized spacial score (nSPS) is 14.2. The number of hydrogen-bond donors (Lipinski definition) is 1. The molecule has 0 fully saturated rings. The topological polar surface area (TPSA) is 38.7 Å². The summed E-state index contributed by atoms with van der Waals surface area (Å²) >= 11 is 0. The molecule has 0 saturated carbocycles. The fourth-order valence-corrected chi connectivity index (χ4v) is 1.05. The molecule has 0 aliphatic heterocycles. The molecule has 0 aromatic heterocycles. The standard InChI is InChI=1S/C9H17F3O3/c1-14-6-8(13)4-2-3-5-15-7-9(10,11)12/h8,13H,2-7H2,1H3. The molecule has 0 aromatic rings. The maximum Gasteiger partial charge on any atom is 0.411 e. The summed E-state index contributed by atoms with van der Waals surface area (Å²) in [5, 5.41) is 9.19. The molecule has 0 aromatic carbocycles.